The smallest absolute Gasteiger partial charge is 0.310 e. The van der Waals surface area contributed by atoms with E-state index in [-0.39, 0.29) is 17.0 Å². The normalized spacial score (nSPS) is 9.80. The summed E-state index contributed by atoms with van der Waals surface area (Å²) in [5, 5.41) is 0.597. The lowest BCUT2D eigenvalue weighted by molar-refractivity contribution is -0.139. The van der Waals surface area contributed by atoms with Crippen molar-refractivity contribution in [1.29, 1.82) is 0 Å². The van der Waals surface area contributed by atoms with Gasteiger partial charge >= 0.3 is 5.97 Å². The average molecular weight is 247 g/mol. The molecule has 1 rings (SSSR count). The van der Waals surface area contributed by atoms with Gasteiger partial charge in [0.25, 0.3) is 0 Å². The second-order valence-electron chi connectivity index (χ2n) is 2.84. The average Bonchev–Trinajstić information content (AvgIpc) is 2.22. The van der Waals surface area contributed by atoms with Crippen molar-refractivity contribution in [2.24, 2.45) is 0 Å². The summed E-state index contributed by atoms with van der Waals surface area (Å²) in [4.78, 5) is 21.7. The fraction of sp³-hybridized carbons (Fsp3) is 0.200. The van der Waals surface area contributed by atoms with Gasteiger partial charge in [0.1, 0.15) is 0 Å². The summed E-state index contributed by atoms with van der Waals surface area (Å²) >= 11 is 11.6. The van der Waals surface area contributed by atoms with Crippen molar-refractivity contribution in [3.05, 3.63) is 33.3 Å². The van der Waals surface area contributed by atoms with Crippen LogP contribution in [0.5, 0.6) is 0 Å². The number of ether oxygens (including phenoxy) is 1. The molecule has 15 heavy (non-hydrogen) atoms. The molecule has 0 saturated heterocycles. The minimum atomic E-state index is -0.434. The van der Waals surface area contributed by atoms with E-state index in [0.29, 0.717) is 16.9 Å². The van der Waals surface area contributed by atoms with E-state index < -0.39 is 5.97 Å². The number of rotatable bonds is 3. The van der Waals surface area contributed by atoms with Crippen LogP contribution < -0.4 is 0 Å². The molecule has 1 aromatic rings. The van der Waals surface area contributed by atoms with Crippen molar-refractivity contribution in [1.82, 2.24) is 0 Å². The topological polar surface area (TPSA) is 43.4 Å². The van der Waals surface area contributed by atoms with E-state index in [1.54, 1.807) is 0 Å². The molecule has 0 heterocycles. The monoisotopic (exact) mass is 246 g/mol. The van der Waals surface area contributed by atoms with Crippen molar-refractivity contribution < 1.29 is 14.3 Å². The minimum Gasteiger partial charge on any atom is -0.469 e. The van der Waals surface area contributed by atoms with Gasteiger partial charge in [0.05, 0.1) is 18.6 Å². The molecule has 0 N–H and O–H groups in total. The molecule has 5 heteroatoms. The lowest BCUT2D eigenvalue weighted by Gasteiger charge is -2.05. The molecule has 80 valence electrons. The van der Waals surface area contributed by atoms with E-state index in [4.69, 9.17) is 23.2 Å². The summed E-state index contributed by atoms with van der Waals surface area (Å²) in [5.41, 5.74) is 0.751. The molecule has 0 atom stereocenters. The quantitative estimate of drug-likeness (QED) is 0.608. The van der Waals surface area contributed by atoms with Crippen LogP contribution in [0.3, 0.4) is 0 Å². The van der Waals surface area contributed by atoms with E-state index >= 15 is 0 Å². The van der Waals surface area contributed by atoms with Crippen molar-refractivity contribution >= 4 is 35.5 Å². The lowest BCUT2D eigenvalue weighted by Crippen LogP contribution is -2.05. The van der Waals surface area contributed by atoms with Crippen LogP contribution in [0.15, 0.2) is 12.1 Å². The van der Waals surface area contributed by atoms with Gasteiger partial charge in [-0.05, 0) is 17.7 Å². The van der Waals surface area contributed by atoms with Gasteiger partial charge in [0, 0.05) is 10.6 Å². The molecule has 0 aliphatic carbocycles. The van der Waals surface area contributed by atoms with Gasteiger partial charge in [0.2, 0.25) is 0 Å². The first-order valence-electron chi connectivity index (χ1n) is 4.08. The largest absolute Gasteiger partial charge is 0.469 e. The SMILES string of the molecule is COC(=O)Cc1cc(Cl)cc(C=O)c1Cl. The molecule has 0 amide bonds. The third kappa shape index (κ3) is 2.94. The summed E-state index contributed by atoms with van der Waals surface area (Å²) in [6.45, 7) is 0. The molecule has 1 aromatic carbocycles. The second kappa shape index (κ2) is 5.14. The standard InChI is InChI=1S/C10H8Cl2O3/c1-15-9(14)4-6-2-8(11)3-7(5-13)10(6)12/h2-3,5H,4H2,1H3. The molecule has 0 spiro atoms. The predicted octanol–water partition coefficient (Wildman–Crippen LogP) is 2.52. The van der Waals surface area contributed by atoms with Crippen LogP contribution >= 0.6 is 23.2 Å². The zero-order chi connectivity index (χ0) is 11.4. The van der Waals surface area contributed by atoms with Gasteiger partial charge < -0.3 is 4.74 Å². The molecule has 0 aliphatic heterocycles. The Morgan fingerprint density at radius 3 is 2.67 bits per heavy atom. The Labute approximate surface area is 96.9 Å². The van der Waals surface area contributed by atoms with Crippen molar-refractivity contribution in [2.75, 3.05) is 7.11 Å². The van der Waals surface area contributed by atoms with Gasteiger partial charge in [-0.25, -0.2) is 0 Å². The number of carbonyl (C=O) groups is 2. The van der Waals surface area contributed by atoms with Crippen LogP contribution in [0.2, 0.25) is 10.0 Å². The number of carbonyl (C=O) groups excluding carboxylic acids is 2. The Hall–Kier alpha value is -1.06. The van der Waals surface area contributed by atoms with Crippen LogP contribution in [0, 0.1) is 0 Å². The van der Waals surface area contributed by atoms with Crippen LogP contribution in [-0.4, -0.2) is 19.4 Å². The van der Waals surface area contributed by atoms with Crippen molar-refractivity contribution in [2.45, 2.75) is 6.42 Å². The van der Waals surface area contributed by atoms with Gasteiger partial charge in [-0.3, -0.25) is 9.59 Å². The second-order valence-corrected chi connectivity index (χ2v) is 3.65. The maximum atomic E-state index is 11.0. The van der Waals surface area contributed by atoms with E-state index in [2.05, 4.69) is 4.74 Å². The number of esters is 1. The number of aldehydes is 1. The van der Waals surface area contributed by atoms with E-state index in [9.17, 15) is 9.59 Å². The van der Waals surface area contributed by atoms with E-state index in [1.165, 1.54) is 19.2 Å². The summed E-state index contributed by atoms with van der Waals surface area (Å²) in [5.74, 6) is -0.434. The molecule has 0 unspecified atom stereocenters. The number of hydrogen-bond acceptors (Lipinski definition) is 3. The fourth-order valence-corrected chi connectivity index (χ4v) is 1.58. The minimum absolute atomic E-state index is 0.00324. The number of halogens is 2. The molecule has 0 saturated carbocycles. The zero-order valence-electron chi connectivity index (χ0n) is 7.92. The first kappa shape index (κ1) is 12.0. The van der Waals surface area contributed by atoms with Crippen LogP contribution in [-0.2, 0) is 16.0 Å². The van der Waals surface area contributed by atoms with Crippen molar-refractivity contribution in [3.8, 4) is 0 Å². The third-order valence-corrected chi connectivity index (χ3v) is 2.51. The van der Waals surface area contributed by atoms with Gasteiger partial charge in [-0.1, -0.05) is 23.2 Å². The van der Waals surface area contributed by atoms with Gasteiger partial charge in [-0.15, -0.1) is 0 Å². The maximum absolute atomic E-state index is 11.0. The number of benzene rings is 1. The Morgan fingerprint density at radius 2 is 2.13 bits per heavy atom. The number of hydrogen-bond donors (Lipinski definition) is 0. The highest BCUT2D eigenvalue weighted by Gasteiger charge is 2.11. The molecule has 0 aliphatic rings. The van der Waals surface area contributed by atoms with Gasteiger partial charge in [0.15, 0.2) is 6.29 Å². The number of methoxy groups -OCH3 is 1. The highest BCUT2D eigenvalue weighted by Crippen LogP contribution is 2.25. The van der Waals surface area contributed by atoms with Gasteiger partial charge in [-0.2, -0.15) is 0 Å². The summed E-state index contributed by atoms with van der Waals surface area (Å²) in [6.07, 6.45) is 0.589. The summed E-state index contributed by atoms with van der Waals surface area (Å²) < 4.78 is 4.49. The fourth-order valence-electron chi connectivity index (χ4n) is 1.11. The van der Waals surface area contributed by atoms with Crippen molar-refractivity contribution in [3.63, 3.8) is 0 Å². The maximum Gasteiger partial charge on any atom is 0.310 e. The first-order valence-corrected chi connectivity index (χ1v) is 4.84. The first-order chi connectivity index (χ1) is 7.08. The Morgan fingerprint density at radius 1 is 1.47 bits per heavy atom. The van der Waals surface area contributed by atoms with Crippen LogP contribution in [0.4, 0.5) is 0 Å². The van der Waals surface area contributed by atoms with E-state index in [1.807, 2.05) is 0 Å². The highest BCUT2D eigenvalue weighted by molar-refractivity contribution is 6.35. The highest BCUT2D eigenvalue weighted by atomic mass is 35.5. The Kier molecular flexibility index (Phi) is 4.12. The van der Waals surface area contributed by atoms with Crippen LogP contribution in [0.25, 0.3) is 0 Å². The lowest BCUT2D eigenvalue weighted by atomic mass is 10.1. The Balaban J connectivity index is 3.11. The molecule has 0 fully saturated rings. The molecule has 0 radical (unpaired) electrons. The molecular weight excluding hydrogens is 239 g/mol. The van der Waals surface area contributed by atoms with E-state index in [0.717, 1.165) is 0 Å². The summed E-state index contributed by atoms with van der Waals surface area (Å²) in [7, 11) is 1.28. The molecular formula is C10H8Cl2O3. The third-order valence-electron chi connectivity index (χ3n) is 1.83. The zero-order valence-corrected chi connectivity index (χ0v) is 9.43. The molecule has 0 aromatic heterocycles. The van der Waals surface area contributed by atoms with Crippen LogP contribution in [0.1, 0.15) is 15.9 Å². The molecule has 3 nitrogen and oxygen atoms in total. The predicted molar refractivity (Wildman–Crippen MR) is 57.6 cm³/mol. The molecule has 0 bridgehead atoms. The summed E-state index contributed by atoms with van der Waals surface area (Å²) in [6, 6.07) is 2.98. The Bertz CT molecular complexity index is 402.